The molecule has 5 rings (SSSR count). The molecule has 1 N–H and O–H groups in total. The second-order valence-corrected chi connectivity index (χ2v) is 8.10. The molecule has 1 fully saturated rings. The monoisotopic (exact) mass is 423 g/mol. The lowest BCUT2D eigenvalue weighted by molar-refractivity contribution is -0.114. The Bertz CT molecular complexity index is 1190. The second kappa shape index (κ2) is 7.62. The zero-order valence-electron chi connectivity index (χ0n) is 16.3. The van der Waals surface area contributed by atoms with Gasteiger partial charge in [0, 0.05) is 43.2 Å². The summed E-state index contributed by atoms with van der Waals surface area (Å²) < 4.78 is 12.5. The lowest BCUT2D eigenvalue weighted by atomic mass is 10.1. The van der Waals surface area contributed by atoms with Crippen molar-refractivity contribution in [2.24, 2.45) is 0 Å². The maximum atomic E-state index is 12.7. The molecular formula is C22H21N3O4S. The van der Waals surface area contributed by atoms with Crippen LogP contribution in [0, 0.1) is 0 Å². The summed E-state index contributed by atoms with van der Waals surface area (Å²) in [6.45, 7) is 7.81. The van der Waals surface area contributed by atoms with Crippen molar-refractivity contribution in [2.75, 3.05) is 49.1 Å². The van der Waals surface area contributed by atoms with Crippen molar-refractivity contribution < 1.29 is 13.9 Å². The number of hydrogen-bond acceptors (Lipinski definition) is 7. The van der Waals surface area contributed by atoms with E-state index in [0.29, 0.717) is 40.8 Å². The van der Waals surface area contributed by atoms with Crippen molar-refractivity contribution in [2.45, 2.75) is 0 Å². The van der Waals surface area contributed by atoms with E-state index in [1.165, 1.54) is 17.4 Å². The van der Waals surface area contributed by atoms with Gasteiger partial charge in [-0.05, 0) is 23.8 Å². The van der Waals surface area contributed by atoms with Crippen LogP contribution >= 0.6 is 11.3 Å². The molecule has 2 aliphatic rings. The molecular weight excluding hydrogens is 402 g/mol. The van der Waals surface area contributed by atoms with Crippen molar-refractivity contribution in [3.8, 4) is 16.9 Å². The van der Waals surface area contributed by atoms with Gasteiger partial charge in [-0.15, -0.1) is 11.3 Å². The predicted molar refractivity (Wildman–Crippen MR) is 119 cm³/mol. The molecule has 30 heavy (non-hydrogen) atoms. The molecule has 0 saturated carbocycles. The minimum Gasteiger partial charge on any atom is -0.490 e. The number of carbonyl (C=O) groups excluding carboxylic acids is 1. The van der Waals surface area contributed by atoms with Crippen LogP contribution in [-0.2, 0) is 4.79 Å². The molecule has 1 saturated heterocycles. The summed E-state index contributed by atoms with van der Waals surface area (Å²) in [5.41, 5.74) is 2.95. The number of fused-ring (bicyclic) bond motifs is 2. The van der Waals surface area contributed by atoms with E-state index in [-0.39, 0.29) is 11.3 Å². The first-order valence-electron chi connectivity index (χ1n) is 9.88. The Kier molecular flexibility index (Phi) is 4.80. The van der Waals surface area contributed by atoms with Crippen LogP contribution in [0.5, 0.6) is 5.75 Å². The Hall–Kier alpha value is -3.10. The number of carbonyl (C=O) groups is 1. The number of benzene rings is 1. The van der Waals surface area contributed by atoms with E-state index in [1.54, 1.807) is 11.0 Å². The van der Waals surface area contributed by atoms with E-state index in [9.17, 15) is 9.59 Å². The number of hydrogen-bond donors (Lipinski definition) is 1. The fourth-order valence-corrected chi connectivity index (χ4v) is 4.81. The average molecular weight is 423 g/mol. The van der Waals surface area contributed by atoms with Crippen LogP contribution in [0.2, 0.25) is 0 Å². The highest BCUT2D eigenvalue weighted by Gasteiger charge is 2.24. The van der Waals surface area contributed by atoms with Crippen LogP contribution in [0.15, 0.2) is 51.5 Å². The number of piperazine rings is 1. The molecule has 0 unspecified atom stereocenters. The number of amides is 1. The summed E-state index contributed by atoms with van der Waals surface area (Å²) in [5, 5.41) is 5.24. The van der Waals surface area contributed by atoms with E-state index >= 15 is 0 Å². The Morgan fingerprint density at radius 2 is 2.03 bits per heavy atom. The van der Waals surface area contributed by atoms with Gasteiger partial charge in [-0.2, -0.15) is 0 Å². The molecule has 0 spiro atoms. The van der Waals surface area contributed by atoms with Gasteiger partial charge in [0.2, 0.25) is 5.43 Å². The molecule has 0 bridgehead atoms. The highest BCUT2D eigenvalue weighted by Crippen LogP contribution is 2.40. The summed E-state index contributed by atoms with van der Waals surface area (Å²) >= 11 is 1.37. The highest BCUT2D eigenvalue weighted by molar-refractivity contribution is 7.17. The van der Waals surface area contributed by atoms with Crippen LogP contribution in [0.1, 0.15) is 0 Å². The Balaban J connectivity index is 1.61. The summed E-state index contributed by atoms with van der Waals surface area (Å²) in [5.74, 6) is 1.08. The molecule has 0 atom stereocenters. The molecule has 2 aliphatic heterocycles. The predicted octanol–water partition coefficient (Wildman–Crippen LogP) is 2.84. The minimum absolute atomic E-state index is 0.0363. The van der Waals surface area contributed by atoms with Gasteiger partial charge in [0.15, 0.2) is 11.5 Å². The molecule has 2 aromatic heterocycles. The van der Waals surface area contributed by atoms with E-state index in [4.69, 9.17) is 9.15 Å². The molecule has 4 heterocycles. The number of anilines is 2. The largest absolute Gasteiger partial charge is 0.490 e. The number of nitrogens with one attached hydrogen (secondary N) is 1. The zero-order chi connectivity index (χ0) is 20.7. The van der Waals surface area contributed by atoms with E-state index in [0.717, 1.165) is 37.3 Å². The Morgan fingerprint density at radius 1 is 1.20 bits per heavy atom. The first kappa shape index (κ1) is 18.9. The zero-order valence-corrected chi connectivity index (χ0v) is 17.2. The third-order valence-corrected chi connectivity index (χ3v) is 6.41. The number of thiophene rings is 1. The maximum absolute atomic E-state index is 12.7. The Labute approximate surface area is 177 Å². The van der Waals surface area contributed by atoms with Gasteiger partial charge in [-0.25, -0.2) is 0 Å². The highest BCUT2D eigenvalue weighted by atomic mass is 32.1. The lowest BCUT2D eigenvalue weighted by Gasteiger charge is -2.29. The molecule has 1 aromatic carbocycles. The quantitative estimate of drug-likeness (QED) is 0.653. The summed E-state index contributed by atoms with van der Waals surface area (Å²) in [7, 11) is 0. The molecule has 0 aliphatic carbocycles. The van der Waals surface area contributed by atoms with E-state index < -0.39 is 0 Å². The van der Waals surface area contributed by atoms with Gasteiger partial charge in [0.05, 0.1) is 12.2 Å². The van der Waals surface area contributed by atoms with Gasteiger partial charge in [-0.1, -0.05) is 12.6 Å². The smallest absolute Gasteiger partial charge is 0.250 e. The fraction of sp³-hybridized carbons (Fsp3) is 0.273. The summed E-state index contributed by atoms with van der Waals surface area (Å²) in [6, 6.07) is 7.28. The number of ether oxygens (including phenoxy) is 1. The van der Waals surface area contributed by atoms with Gasteiger partial charge in [0.1, 0.15) is 17.1 Å². The van der Waals surface area contributed by atoms with Gasteiger partial charge in [0.25, 0.3) is 5.91 Å². The molecule has 1 amide bonds. The number of rotatable bonds is 3. The molecule has 154 valence electrons. The van der Waals surface area contributed by atoms with Crippen molar-refractivity contribution in [1.82, 2.24) is 5.32 Å². The van der Waals surface area contributed by atoms with Crippen LogP contribution in [-0.4, -0.2) is 45.2 Å². The topological polar surface area (TPSA) is 75.0 Å². The van der Waals surface area contributed by atoms with Gasteiger partial charge in [-0.3, -0.25) is 9.59 Å². The molecule has 0 radical (unpaired) electrons. The van der Waals surface area contributed by atoms with Crippen molar-refractivity contribution >= 4 is 39.1 Å². The van der Waals surface area contributed by atoms with Crippen LogP contribution in [0.25, 0.3) is 21.4 Å². The van der Waals surface area contributed by atoms with Crippen LogP contribution in [0.3, 0.4) is 0 Å². The van der Waals surface area contributed by atoms with Gasteiger partial charge < -0.3 is 24.3 Å². The standard InChI is InChI=1S/C22H21N3O4S/c1-2-19(27)25-9-10-28-18-4-3-14(11-16(18)25)15-13-30-22-17(26)12-20(29-21(15)22)24-7-5-23-6-8-24/h2-4,11-13,23H,1,5-10H2. The lowest BCUT2D eigenvalue weighted by Crippen LogP contribution is -2.43. The molecule has 7 nitrogen and oxygen atoms in total. The molecule has 3 aromatic rings. The third-order valence-electron chi connectivity index (χ3n) is 5.43. The SMILES string of the molecule is C=CC(=O)N1CCOc2ccc(-c3csc4c(=O)cc(N5CCNCC5)oc34)cc21. The second-order valence-electron chi connectivity index (χ2n) is 7.22. The van der Waals surface area contributed by atoms with Crippen molar-refractivity contribution in [3.63, 3.8) is 0 Å². The first-order chi connectivity index (χ1) is 14.7. The normalized spacial score (nSPS) is 16.3. The van der Waals surface area contributed by atoms with E-state index in [2.05, 4.69) is 16.8 Å². The van der Waals surface area contributed by atoms with Crippen molar-refractivity contribution in [1.29, 1.82) is 0 Å². The van der Waals surface area contributed by atoms with Crippen LogP contribution < -0.4 is 25.3 Å². The maximum Gasteiger partial charge on any atom is 0.250 e. The average Bonchev–Trinajstić information content (AvgIpc) is 3.23. The van der Waals surface area contributed by atoms with Gasteiger partial charge >= 0.3 is 0 Å². The summed E-state index contributed by atoms with van der Waals surface area (Å²) in [6.07, 6.45) is 1.31. The number of nitrogens with zero attached hydrogens (tertiary/aromatic N) is 2. The van der Waals surface area contributed by atoms with Crippen molar-refractivity contribution in [3.05, 3.63) is 52.5 Å². The fourth-order valence-electron chi connectivity index (χ4n) is 3.89. The Morgan fingerprint density at radius 3 is 2.83 bits per heavy atom. The molecule has 8 heteroatoms. The minimum atomic E-state index is -0.167. The van der Waals surface area contributed by atoms with E-state index in [1.807, 2.05) is 23.6 Å². The summed E-state index contributed by atoms with van der Waals surface area (Å²) in [4.78, 5) is 28.8. The first-order valence-corrected chi connectivity index (χ1v) is 10.8. The van der Waals surface area contributed by atoms with Crippen LogP contribution in [0.4, 0.5) is 11.6 Å². The third kappa shape index (κ3) is 3.18.